The van der Waals surface area contributed by atoms with Crippen LogP contribution in [0.5, 0.6) is 5.75 Å². The Balaban J connectivity index is 1.69. The van der Waals surface area contributed by atoms with Gasteiger partial charge in [0.15, 0.2) is 0 Å². The number of nitrogens with zero attached hydrogens (tertiary/aromatic N) is 3. The number of carboxylic acids is 2. The fourth-order valence-electron chi connectivity index (χ4n) is 4.72. The van der Waals surface area contributed by atoms with Gasteiger partial charge in [-0.1, -0.05) is 30.0 Å². The molecule has 2 aliphatic heterocycles. The van der Waals surface area contributed by atoms with E-state index in [9.17, 15) is 37.3 Å². The van der Waals surface area contributed by atoms with Gasteiger partial charge in [0.25, 0.3) is 20.9 Å². The molecule has 1 saturated heterocycles. The second kappa shape index (κ2) is 12.7. The first-order valence-electron chi connectivity index (χ1n) is 13.0. The normalized spacial score (nSPS) is 17.3. The average molecular weight is 706 g/mol. The van der Waals surface area contributed by atoms with Gasteiger partial charge in [0, 0.05) is 11.0 Å². The van der Waals surface area contributed by atoms with Crippen molar-refractivity contribution in [1.82, 2.24) is 9.47 Å². The largest absolute Gasteiger partial charge is 0.497 e. The molecule has 2 aromatic carbocycles. The number of anilines is 1. The highest BCUT2D eigenvalue weighted by atomic mass is 32.2. The maximum absolute atomic E-state index is 13.5. The molecule has 46 heavy (non-hydrogen) atoms. The van der Waals surface area contributed by atoms with Crippen LogP contribution in [0.2, 0.25) is 0 Å². The number of benzene rings is 2. The number of carbonyl (C=O) groups excluding carboxylic acids is 1. The molecule has 0 atom stereocenters. The fourth-order valence-corrected chi connectivity index (χ4v) is 7.90. The smallest absolute Gasteiger partial charge is 0.323 e. The Labute approximate surface area is 273 Å². The molecule has 0 radical (unpaired) electrons. The van der Waals surface area contributed by atoms with E-state index in [4.69, 9.17) is 26.8 Å². The van der Waals surface area contributed by atoms with Gasteiger partial charge in [0.1, 0.15) is 23.5 Å². The van der Waals surface area contributed by atoms with E-state index in [1.807, 2.05) is 6.07 Å². The monoisotopic (exact) mass is 705 g/mol. The lowest BCUT2D eigenvalue weighted by Crippen LogP contribution is -2.36. The number of thiocarbonyl (C=S) groups is 1. The molecule has 1 aromatic heterocycles. The van der Waals surface area contributed by atoms with Gasteiger partial charge >= 0.3 is 17.8 Å². The summed E-state index contributed by atoms with van der Waals surface area (Å²) in [6.45, 7) is 0.0821. The second-order valence-corrected chi connectivity index (χ2v) is 13.6. The number of carbonyl (C=O) groups is 3. The van der Waals surface area contributed by atoms with Gasteiger partial charge in [0.05, 0.1) is 33.8 Å². The molecule has 0 spiro atoms. The van der Waals surface area contributed by atoms with E-state index in [1.54, 1.807) is 36.1 Å². The number of hydrogen-bond acceptors (Lipinski definition) is 12. The van der Waals surface area contributed by atoms with Crippen LogP contribution >= 0.6 is 35.3 Å². The number of thiazole rings is 1. The number of fused-ring (bicyclic) bond motifs is 1. The highest BCUT2D eigenvalue weighted by molar-refractivity contribution is 8.03. The number of hydrogen-bond donors (Lipinski definition) is 3. The summed E-state index contributed by atoms with van der Waals surface area (Å²) < 4.78 is 45.6. The minimum atomic E-state index is -4.56. The Hall–Kier alpha value is -4.49. The van der Waals surface area contributed by atoms with Gasteiger partial charge in [-0.3, -0.25) is 33.2 Å². The molecule has 0 bridgehead atoms. The van der Waals surface area contributed by atoms with Crippen molar-refractivity contribution in [3.63, 3.8) is 0 Å². The van der Waals surface area contributed by atoms with E-state index in [0.29, 0.717) is 32.5 Å². The Morgan fingerprint density at radius 3 is 2.41 bits per heavy atom. The van der Waals surface area contributed by atoms with Gasteiger partial charge in [0.2, 0.25) is 5.76 Å². The molecule has 3 N–H and O–H groups in total. The number of thioether (sulfide) groups is 1. The van der Waals surface area contributed by atoms with Gasteiger partial charge < -0.3 is 24.6 Å². The molecule has 1 amide bonds. The van der Waals surface area contributed by atoms with Gasteiger partial charge in [-0.15, -0.1) is 11.3 Å². The Morgan fingerprint density at radius 2 is 1.76 bits per heavy atom. The van der Waals surface area contributed by atoms with Crippen molar-refractivity contribution in [1.29, 1.82) is 0 Å². The van der Waals surface area contributed by atoms with Gasteiger partial charge in [-0.05, 0) is 54.6 Å². The van der Waals surface area contributed by atoms with Crippen LogP contribution in [-0.2, 0) is 42.3 Å². The van der Waals surface area contributed by atoms with Crippen molar-refractivity contribution in [3.8, 4) is 5.75 Å². The minimum Gasteiger partial charge on any atom is -0.497 e. The quantitative estimate of drug-likeness (QED) is 0.214. The number of rotatable bonds is 9. The lowest BCUT2D eigenvalue weighted by molar-refractivity contribution is -0.140. The van der Waals surface area contributed by atoms with Crippen molar-refractivity contribution in [2.24, 2.45) is 0 Å². The van der Waals surface area contributed by atoms with Crippen LogP contribution in [0, 0.1) is 0 Å². The Morgan fingerprint density at radius 1 is 1.07 bits per heavy atom. The molecule has 1 fully saturated rings. The molecule has 0 aliphatic carbocycles. The number of amides is 1. The predicted molar refractivity (Wildman–Crippen MR) is 170 cm³/mol. The summed E-state index contributed by atoms with van der Waals surface area (Å²) in [5.74, 6) is -3.62. The second-order valence-electron chi connectivity index (χ2n) is 9.78. The zero-order valence-electron chi connectivity index (χ0n) is 23.8. The van der Waals surface area contributed by atoms with Crippen LogP contribution in [0.15, 0.2) is 67.7 Å². The standard InChI is InChI=1S/C28H23N3O11S4/c1-14(9-19-24(36)30(12-21(32)33)27(45-19)23-25(37)31(13-22(34)35)28(43)42-23)26-29(17-10-16(41-2)7-8-18(17)44-26)11-15-5-3-4-6-20(15)46(38,39)40/h3-10H,11-13H2,1-2H3,(H,32,33)(H,34,35)(H,38,39,40)/b19-9-,26-14+,27-23-. The van der Waals surface area contributed by atoms with Gasteiger partial charge in [-0.25, -0.2) is 0 Å². The molecule has 5 rings (SSSR count). The highest BCUT2D eigenvalue weighted by Gasteiger charge is 2.37. The summed E-state index contributed by atoms with van der Waals surface area (Å²) in [6, 6.07) is 11.3. The third-order valence-corrected chi connectivity index (χ3v) is 10.4. The van der Waals surface area contributed by atoms with E-state index in [1.165, 1.54) is 37.1 Å². The van der Waals surface area contributed by atoms with Crippen LogP contribution in [0.1, 0.15) is 12.5 Å². The molecule has 3 heterocycles. The van der Waals surface area contributed by atoms with E-state index in [0.717, 1.165) is 20.8 Å². The molecule has 0 unspecified atom stereocenters. The van der Waals surface area contributed by atoms with Crippen LogP contribution in [0.25, 0.3) is 11.8 Å². The van der Waals surface area contributed by atoms with Crippen LogP contribution in [-0.4, -0.2) is 69.3 Å². The number of carboxylic acid groups (broad SMARTS) is 2. The molecule has 3 aromatic rings. The lowest BCUT2D eigenvalue weighted by atomic mass is 10.2. The molecule has 240 valence electrons. The third-order valence-electron chi connectivity index (χ3n) is 6.71. The maximum atomic E-state index is 13.5. The summed E-state index contributed by atoms with van der Waals surface area (Å²) in [7, 11) is -3.06. The minimum absolute atomic E-state index is 0.000292. The summed E-state index contributed by atoms with van der Waals surface area (Å²) in [4.78, 5) is 52.4. The fraction of sp³-hybridized carbons (Fsp3) is 0.179. The first-order chi connectivity index (χ1) is 21.7. The molecular weight excluding hydrogens is 683 g/mol. The Bertz CT molecular complexity index is 2150. The molecule has 2 aliphatic rings. The first kappa shape index (κ1) is 32.9. The lowest BCUT2D eigenvalue weighted by Gasteiger charge is -2.23. The van der Waals surface area contributed by atoms with Crippen LogP contribution in [0.4, 0.5) is 5.69 Å². The summed E-state index contributed by atoms with van der Waals surface area (Å²) in [5, 5.41) is 18.8. The summed E-state index contributed by atoms with van der Waals surface area (Å²) in [5.41, 5.74) is 0.729. The maximum Gasteiger partial charge on any atom is 0.323 e. The number of ether oxygens (including phenoxy) is 2. The topological polar surface area (TPSA) is 193 Å². The number of allylic oxidation sites excluding steroid dienone is 1. The average Bonchev–Trinajstić information content (AvgIpc) is 3.59. The first-order valence-corrected chi connectivity index (χ1v) is 16.5. The van der Waals surface area contributed by atoms with E-state index >= 15 is 0 Å². The van der Waals surface area contributed by atoms with Gasteiger partial charge in [-0.2, -0.15) is 8.42 Å². The van der Waals surface area contributed by atoms with E-state index in [2.05, 4.69) is 0 Å². The molecule has 18 heteroatoms. The predicted octanol–water partition coefficient (Wildman–Crippen LogP) is 1.41. The number of aliphatic carboxylic acids is 2. The summed E-state index contributed by atoms with van der Waals surface area (Å²) >= 11 is 7.08. The van der Waals surface area contributed by atoms with E-state index in [-0.39, 0.29) is 20.6 Å². The zero-order valence-corrected chi connectivity index (χ0v) is 27.1. The van der Waals surface area contributed by atoms with Crippen LogP contribution in [0.3, 0.4) is 0 Å². The summed E-state index contributed by atoms with van der Waals surface area (Å²) in [6.07, 6.45) is 1.50. The Kier molecular flexibility index (Phi) is 9.09. The molecule has 0 saturated carbocycles. The van der Waals surface area contributed by atoms with Crippen molar-refractivity contribution in [2.75, 3.05) is 18.6 Å². The molecular formula is C28H23N3O11S4. The van der Waals surface area contributed by atoms with Crippen molar-refractivity contribution in [3.05, 3.63) is 78.2 Å². The van der Waals surface area contributed by atoms with E-state index < -0.39 is 57.5 Å². The SMILES string of the molecule is COc1ccc2c(c1)N(Cc1ccccc1S(=O)(=O)O)/C(=C(C)\C=c1/s/c(=C3\OC(=S)N(CC(=O)O)C3=O)n(CC(=O)O)c1=O)S2. The third kappa shape index (κ3) is 6.42. The highest BCUT2D eigenvalue weighted by Crippen LogP contribution is 2.49. The van der Waals surface area contributed by atoms with Crippen LogP contribution < -0.4 is 24.4 Å². The number of methoxy groups -OCH3 is 1. The zero-order chi connectivity index (χ0) is 33.5. The van der Waals surface area contributed by atoms with Crippen molar-refractivity contribution >= 4 is 86.0 Å². The van der Waals surface area contributed by atoms with Crippen molar-refractivity contribution < 1.29 is 47.0 Å². The number of aromatic nitrogens is 1. The molecule has 14 nitrogen and oxygen atoms in total. The van der Waals surface area contributed by atoms with Crippen molar-refractivity contribution in [2.45, 2.75) is 29.8 Å².